The van der Waals surface area contributed by atoms with Crippen LogP contribution < -0.4 is 15.4 Å². The van der Waals surface area contributed by atoms with Crippen LogP contribution in [-0.2, 0) is 16.6 Å². The van der Waals surface area contributed by atoms with Crippen molar-refractivity contribution in [1.82, 2.24) is 20.3 Å². The molecule has 1 aromatic rings. The highest BCUT2D eigenvalue weighted by Gasteiger charge is 2.21. The molecule has 0 bridgehead atoms. The summed E-state index contributed by atoms with van der Waals surface area (Å²) >= 11 is 0. The molecule has 1 fully saturated rings. The van der Waals surface area contributed by atoms with Gasteiger partial charge in [0.2, 0.25) is 10.0 Å². The van der Waals surface area contributed by atoms with Crippen LogP contribution in [0, 0.1) is 0 Å². The highest BCUT2D eigenvalue weighted by Crippen LogP contribution is 2.13. The predicted molar refractivity (Wildman–Crippen MR) is 106 cm³/mol. The average Bonchev–Trinajstić information content (AvgIpc) is 2.65. The first-order chi connectivity index (χ1) is 12.4. The van der Waals surface area contributed by atoms with Gasteiger partial charge in [-0.2, -0.15) is 0 Å². The normalized spacial score (nSPS) is 17.5. The van der Waals surface area contributed by atoms with E-state index in [1.54, 1.807) is 19.2 Å². The molecule has 1 aromatic carbocycles. The van der Waals surface area contributed by atoms with Crippen LogP contribution in [0.25, 0.3) is 0 Å². The van der Waals surface area contributed by atoms with Crippen molar-refractivity contribution in [3.63, 3.8) is 0 Å². The van der Waals surface area contributed by atoms with Crippen molar-refractivity contribution in [2.75, 3.05) is 27.2 Å². The van der Waals surface area contributed by atoms with Gasteiger partial charge < -0.3 is 15.5 Å². The topological polar surface area (TPSA) is 85.8 Å². The van der Waals surface area contributed by atoms with Gasteiger partial charge in [-0.25, -0.2) is 13.1 Å². The molecule has 0 aromatic heterocycles. The summed E-state index contributed by atoms with van der Waals surface area (Å²) in [5.41, 5.74) is 0.998. The molecule has 1 aliphatic heterocycles. The van der Waals surface area contributed by atoms with Crippen LogP contribution in [0.5, 0.6) is 0 Å². The minimum absolute atomic E-state index is 0.267. The van der Waals surface area contributed by atoms with Crippen molar-refractivity contribution >= 4 is 16.0 Å². The van der Waals surface area contributed by atoms with Crippen molar-refractivity contribution in [2.45, 2.75) is 50.2 Å². The van der Waals surface area contributed by atoms with Gasteiger partial charge in [0.25, 0.3) is 0 Å². The summed E-state index contributed by atoms with van der Waals surface area (Å²) in [5.74, 6) is 0.778. The largest absolute Gasteiger partial charge is 0.354 e. The van der Waals surface area contributed by atoms with Gasteiger partial charge in [0.05, 0.1) is 4.90 Å². The Hall–Kier alpha value is -1.64. The van der Waals surface area contributed by atoms with E-state index in [-0.39, 0.29) is 4.90 Å². The highest BCUT2D eigenvalue weighted by atomic mass is 32.2. The molecule has 26 heavy (non-hydrogen) atoms. The molecule has 7 nitrogen and oxygen atoms in total. The van der Waals surface area contributed by atoms with Crippen molar-refractivity contribution < 1.29 is 8.42 Å². The van der Waals surface area contributed by atoms with E-state index in [1.165, 1.54) is 7.05 Å². The summed E-state index contributed by atoms with van der Waals surface area (Å²) in [5, 5.41) is 6.79. The number of piperidine rings is 1. The third-order valence-corrected chi connectivity index (χ3v) is 6.22. The minimum Gasteiger partial charge on any atom is -0.354 e. The van der Waals surface area contributed by atoms with Crippen molar-refractivity contribution in [1.29, 1.82) is 0 Å². The SMILES string of the molecule is CN=C(NCc1ccc(S(=O)(=O)NC)cc1)NC1CCN(C(C)C)CC1. The quantitative estimate of drug-likeness (QED) is 0.508. The maximum atomic E-state index is 11.8. The fourth-order valence-corrected chi connectivity index (χ4v) is 3.77. The Labute approximate surface area is 157 Å². The molecule has 0 amide bonds. The molecule has 1 heterocycles. The van der Waals surface area contributed by atoms with Crippen molar-refractivity contribution in [3.05, 3.63) is 29.8 Å². The number of likely N-dealkylation sites (tertiary alicyclic amines) is 1. The van der Waals surface area contributed by atoms with E-state index in [9.17, 15) is 8.42 Å². The number of aliphatic imine (C=N–C) groups is 1. The molecule has 8 heteroatoms. The molecule has 0 spiro atoms. The van der Waals surface area contributed by atoms with Crippen LogP contribution in [0.2, 0.25) is 0 Å². The van der Waals surface area contributed by atoms with Gasteiger partial charge in [0.15, 0.2) is 5.96 Å². The number of nitrogens with one attached hydrogen (secondary N) is 3. The van der Waals surface area contributed by atoms with E-state index in [0.717, 1.165) is 37.5 Å². The molecular formula is C18H31N5O2S. The Morgan fingerprint density at radius 2 is 1.85 bits per heavy atom. The van der Waals surface area contributed by atoms with Gasteiger partial charge in [-0.3, -0.25) is 4.99 Å². The van der Waals surface area contributed by atoms with Gasteiger partial charge in [0.1, 0.15) is 0 Å². The van der Waals surface area contributed by atoms with Crippen LogP contribution in [0.3, 0.4) is 0 Å². The Kier molecular flexibility index (Phi) is 7.43. The lowest BCUT2D eigenvalue weighted by Crippen LogP contribution is -2.49. The first kappa shape index (κ1) is 20.7. The standard InChI is InChI=1S/C18H31N5O2S/c1-14(2)23-11-9-16(10-12-23)22-18(19-3)21-13-15-5-7-17(8-6-15)26(24,25)20-4/h5-8,14,16,20H,9-13H2,1-4H3,(H2,19,21,22). The Morgan fingerprint density at radius 3 is 2.35 bits per heavy atom. The summed E-state index contributed by atoms with van der Waals surface area (Å²) in [7, 11) is -0.217. The number of guanidine groups is 1. The maximum Gasteiger partial charge on any atom is 0.240 e. The van der Waals surface area contributed by atoms with Gasteiger partial charge in [-0.05, 0) is 51.4 Å². The lowest BCUT2D eigenvalue weighted by atomic mass is 10.0. The van der Waals surface area contributed by atoms with Crippen molar-refractivity contribution in [3.8, 4) is 0 Å². The van der Waals surface area contributed by atoms with Crippen LogP contribution in [0.1, 0.15) is 32.3 Å². The zero-order valence-corrected chi connectivity index (χ0v) is 16.9. The molecule has 1 saturated heterocycles. The second kappa shape index (κ2) is 9.34. The number of hydrogen-bond donors (Lipinski definition) is 3. The number of sulfonamides is 1. The first-order valence-corrected chi connectivity index (χ1v) is 10.6. The lowest BCUT2D eigenvalue weighted by Gasteiger charge is -2.35. The number of nitrogens with zero attached hydrogens (tertiary/aromatic N) is 2. The van der Waals surface area contributed by atoms with E-state index in [1.807, 2.05) is 12.1 Å². The monoisotopic (exact) mass is 381 g/mol. The predicted octanol–water partition coefficient (Wildman–Crippen LogP) is 1.13. The van der Waals surface area contributed by atoms with Crippen molar-refractivity contribution in [2.24, 2.45) is 4.99 Å². The third-order valence-electron chi connectivity index (χ3n) is 4.79. The second-order valence-electron chi connectivity index (χ2n) is 6.83. The maximum absolute atomic E-state index is 11.8. The van der Waals surface area contributed by atoms with E-state index in [0.29, 0.717) is 18.6 Å². The van der Waals surface area contributed by atoms with E-state index in [4.69, 9.17) is 0 Å². The van der Waals surface area contributed by atoms with Gasteiger partial charge in [-0.15, -0.1) is 0 Å². The van der Waals surface area contributed by atoms with E-state index in [2.05, 4.69) is 39.1 Å². The van der Waals surface area contributed by atoms with Gasteiger partial charge in [-0.1, -0.05) is 12.1 Å². The Morgan fingerprint density at radius 1 is 1.23 bits per heavy atom. The molecule has 3 N–H and O–H groups in total. The molecule has 0 atom stereocenters. The molecule has 0 aliphatic carbocycles. The molecule has 1 aliphatic rings. The summed E-state index contributed by atoms with van der Waals surface area (Å²) in [6.45, 7) is 7.27. The molecule has 146 valence electrons. The molecule has 0 saturated carbocycles. The molecule has 2 rings (SSSR count). The fraction of sp³-hybridized carbons (Fsp3) is 0.611. The van der Waals surface area contributed by atoms with Crippen LogP contribution >= 0.6 is 0 Å². The Balaban J connectivity index is 1.84. The van der Waals surface area contributed by atoms with Crippen LogP contribution in [0.15, 0.2) is 34.2 Å². The van der Waals surface area contributed by atoms with E-state index >= 15 is 0 Å². The zero-order chi connectivity index (χ0) is 19.2. The summed E-state index contributed by atoms with van der Waals surface area (Å²) < 4.78 is 25.8. The van der Waals surface area contributed by atoms with Gasteiger partial charge in [0, 0.05) is 38.8 Å². The minimum atomic E-state index is -3.39. The highest BCUT2D eigenvalue weighted by molar-refractivity contribution is 7.89. The fourth-order valence-electron chi connectivity index (χ4n) is 3.04. The van der Waals surface area contributed by atoms with Crippen LogP contribution in [0.4, 0.5) is 0 Å². The molecular weight excluding hydrogens is 350 g/mol. The first-order valence-electron chi connectivity index (χ1n) is 9.09. The van der Waals surface area contributed by atoms with Gasteiger partial charge >= 0.3 is 0 Å². The van der Waals surface area contributed by atoms with Crippen LogP contribution in [-0.4, -0.2) is 58.5 Å². The molecule has 0 radical (unpaired) electrons. The third kappa shape index (κ3) is 5.69. The average molecular weight is 382 g/mol. The smallest absolute Gasteiger partial charge is 0.240 e. The number of hydrogen-bond acceptors (Lipinski definition) is 4. The van der Waals surface area contributed by atoms with E-state index < -0.39 is 10.0 Å². The second-order valence-corrected chi connectivity index (χ2v) is 8.71. The summed E-state index contributed by atoms with van der Waals surface area (Å²) in [6.07, 6.45) is 2.21. The Bertz CT molecular complexity index is 693. The lowest BCUT2D eigenvalue weighted by molar-refractivity contribution is 0.167. The summed E-state index contributed by atoms with van der Waals surface area (Å²) in [6, 6.07) is 7.88. The number of rotatable bonds is 6. The zero-order valence-electron chi connectivity index (χ0n) is 16.1. The number of benzene rings is 1. The summed E-state index contributed by atoms with van der Waals surface area (Å²) in [4.78, 5) is 7.06. The molecule has 0 unspecified atom stereocenters.